The minimum atomic E-state index is -0.546. The molecule has 0 aromatic carbocycles. The van der Waals surface area contributed by atoms with Gasteiger partial charge in [-0.25, -0.2) is 0 Å². The van der Waals surface area contributed by atoms with Gasteiger partial charge in [-0.3, -0.25) is 4.79 Å². The van der Waals surface area contributed by atoms with E-state index in [1.165, 1.54) is 0 Å². The van der Waals surface area contributed by atoms with Crippen molar-refractivity contribution in [2.24, 2.45) is 17.3 Å². The first-order valence-corrected chi connectivity index (χ1v) is 5.96. The monoisotopic (exact) mass is 211 g/mol. The Morgan fingerprint density at radius 1 is 1.33 bits per heavy atom. The number of carboxylic acids is 1. The van der Waals surface area contributed by atoms with Crippen molar-refractivity contribution in [2.45, 2.75) is 32.6 Å². The molecule has 3 nitrogen and oxygen atoms in total. The Kier molecular flexibility index (Phi) is 2.75. The Morgan fingerprint density at radius 3 is 2.27 bits per heavy atom. The third-order valence-electron chi connectivity index (χ3n) is 4.35. The highest BCUT2D eigenvalue weighted by atomic mass is 16.4. The van der Waals surface area contributed by atoms with Crippen molar-refractivity contribution in [1.82, 2.24) is 4.90 Å². The molecule has 1 saturated carbocycles. The topological polar surface area (TPSA) is 40.5 Å². The van der Waals surface area contributed by atoms with E-state index in [1.807, 2.05) is 0 Å². The molecule has 0 unspecified atom stereocenters. The van der Waals surface area contributed by atoms with E-state index in [1.54, 1.807) is 0 Å². The molecule has 15 heavy (non-hydrogen) atoms. The molecule has 2 aliphatic rings. The van der Waals surface area contributed by atoms with Gasteiger partial charge in [-0.15, -0.1) is 0 Å². The Bertz CT molecular complexity index is 250. The van der Waals surface area contributed by atoms with E-state index in [9.17, 15) is 9.90 Å². The fraction of sp³-hybridized carbons (Fsp3) is 0.917. The molecule has 0 bridgehead atoms. The second-order valence-electron chi connectivity index (χ2n) is 5.55. The Morgan fingerprint density at radius 2 is 1.87 bits per heavy atom. The number of hydrogen-bond acceptors (Lipinski definition) is 2. The van der Waals surface area contributed by atoms with Crippen molar-refractivity contribution in [3.05, 3.63) is 0 Å². The molecule has 0 aromatic rings. The van der Waals surface area contributed by atoms with Crippen LogP contribution in [-0.2, 0) is 4.79 Å². The maximum Gasteiger partial charge on any atom is 0.309 e. The summed E-state index contributed by atoms with van der Waals surface area (Å²) in [5, 5.41) is 9.41. The number of likely N-dealkylation sites (tertiary alicyclic amines) is 1. The van der Waals surface area contributed by atoms with Crippen LogP contribution < -0.4 is 0 Å². The molecule has 3 heteroatoms. The van der Waals surface area contributed by atoms with Crippen LogP contribution in [0.1, 0.15) is 32.6 Å². The second-order valence-corrected chi connectivity index (χ2v) is 5.55. The fourth-order valence-corrected chi connectivity index (χ4v) is 3.43. The molecule has 2 rings (SSSR count). The average molecular weight is 211 g/mol. The van der Waals surface area contributed by atoms with Gasteiger partial charge in [0.15, 0.2) is 0 Å². The van der Waals surface area contributed by atoms with E-state index in [-0.39, 0.29) is 5.41 Å². The van der Waals surface area contributed by atoms with Crippen LogP contribution in [0.4, 0.5) is 0 Å². The van der Waals surface area contributed by atoms with Crippen LogP contribution in [0.15, 0.2) is 0 Å². The minimum Gasteiger partial charge on any atom is -0.481 e. The molecule has 0 amide bonds. The molecular weight excluding hydrogens is 190 g/mol. The van der Waals surface area contributed by atoms with Crippen LogP contribution in [0, 0.1) is 17.3 Å². The molecule has 1 N–H and O–H groups in total. The van der Waals surface area contributed by atoms with E-state index < -0.39 is 5.97 Å². The van der Waals surface area contributed by atoms with Crippen molar-refractivity contribution >= 4 is 5.97 Å². The number of piperidine rings is 1. The quantitative estimate of drug-likeness (QED) is 0.757. The van der Waals surface area contributed by atoms with Gasteiger partial charge in [-0.2, -0.15) is 0 Å². The van der Waals surface area contributed by atoms with Crippen LogP contribution in [0.25, 0.3) is 0 Å². The summed E-state index contributed by atoms with van der Waals surface area (Å²) in [5.41, 5.74) is -0.360. The lowest BCUT2D eigenvalue weighted by Crippen LogP contribution is -2.51. The molecule has 0 radical (unpaired) electrons. The smallest absolute Gasteiger partial charge is 0.309 e. The maximum absolute atomic E-state index is 11.4. The summed E-state index contributed by atoms with van der Waals surface area (Å²) in [7, 11) is 2.12. The molecular formula is C12H21NO2. The molecule has 1 heterocycles. The number of aliphatic carboxylic acids is 1. The van der Waals surface area contributed by atoms with Gasteiger partial charge in [0.1, 0.15) is 0 Å². The van der Waals surface area contributed by atoms with Gasteiger partial charge in [-0.1, -0.05) is 6.92 Å². The van der Waals surface area contributed by atoms with Crippen molar-refractivity contribution in [2.75, 3.05) is 20.1 Å². The molecule has 1 saturated heterocycles. The molecule has 2 fully saturated rings. The lowest BCUT2D eigenvalue weighted by Gasteiger charge is -2.50. The van der Waals surface area contributed by atoms with Crippen LogP contribution in [0.2, 0.25) is 0 Å². The zero-order valence-corrected chi connectivity index (χ0v) is 9.70. The third kappa shape index (κ3) is 1.78. The summed E-state index contributed by atoms with van der Waals surface area (Å²) in [6, 6.07) is 0. The van der Waals surface area contributed by atoms with Crippen molar-refractivity contribution in [3.8, 4) is 0 Å². The third-order valence-corrected chi connectivity index (χ3v) is 4.35. The van der Waals surface area contributed by atoms with Gasteiger partial charge >= 0.3 is 5.97 Å². The number of nitrogens with zero attached hydrogens (tertiary/aromatic N) is 1. The molecule has 1 aliphatic carbocycles. The summed E-state index contributed by atoms with van der Waals surface area (Å²) < 4.78 is 0. The van der Waals surface area contributed by atoms with Gasteiger partial charge in [0.05, 0.1) is 5.41 Å². The van der Waals surface area contributed by atoms with Crippen LogP contribution in [-0.4, -0.2) is 36.1 Å². The zero-order valence-electron chi connectivity index (χ0n) is 9.70. The molecule has 86 valence electrons. The van der Waals surface area contributed by atoms with Gasteiger partial charge in [0, 0.05) is 0 Å². The largest absolute Gasteiger partial charge is 0.481 e. The summed E-state index contributed by atoms with van der Waals surface area (Å²) >= 11 is 0. The Balaban J connectivity index is 2.04. The molecule has 0 spiro atoms. The number of rotatable bonds is 2. The van der Waals surface area contributed by atoms with E-state index in [0.717, 1.165) is 38.8 Å². The lowest BCUT2D eigenvalue weighted by atomic mass is 9.54. The highest BCUT2D eigenvalue weighted by molar-refractivity contribution is 5.76. The van der Waals surface area contributed by atoms with E-state index in [4.69, 9.17) is 0 Å². The highest BCUT2D eigenvalue weighted by Gasteiger charge is 2.53. The normalized spacial score (nSPS) is 38.7. The lowest BCUT2D eigenvalue weighted by molar-refractivity contribution is -0.166. The standard InChI is InChI=1S/C12H21NO2/c1-9-7-12(8-9,11(14)15)10-3-5-13(2)6-4-10/h9-10H,3-8H2,1-2H3,(H,14,15). The first-order valence-electron chi connectivity index (χ1n) is 5.96. The van der Waals surface area contributed by atoms with Gasteiger partial charge < -0.3 is 10.0 Å². The molecule has 0 aromatic heterocycles. The number of carbonyl (C=O) groups is 1. The summed E-state index contributed by atoms with van der Waals surface area (Å²) in [4.78, 5) is 13.7. The van der Waals surface area contributed by atoms with Gasteiger partial charge in [0.25, 0.3) is 0 Å². The molecule has 0 atom stereocenters. The number of carboxylic acid groups (broad SMARTS) is 1. The zero-order chi connectivity index (χ0) is 11.1. The average Bonchev–Trinajstić information content (AvgIpc) is 2.13. The van der Waals surface area contributed by atoms with E-state index >= 15 is 0 Å². The minimum absolute atomic E-state index is 0.360. The first-order chi connectivity index (χ1) is 7.04. The fourth-order valence-electron chi connectivity index (χ4n) is 3.43. The SMILES string of the molecule is CC1CC(C(=O)O)(C2CCN(C)CC2)C1. The summed E-state index contributed by atoms with van der Waals surface area (Å²) in [6.45, 7) is 4.29. The maximum atomic E-state index is 11.4. The van der Waals surface area contributed by atoms with E-state index in [0.29, 0.717) is 11.8 Å². The van der Waals surface area contributed by atoms with Crippen LogP contribution in [0.3, 0.4) is 0 Å². The Labute approximate surface area is 91.5 Å². The van der Waals surface area contributed by atoms with Crippen LogP contribution in [0.5, 0.6) is 0 Å². The van der Waals surface area contributed by atoms with Gasteiger partial charge in [0.2, 0.25) is 0 Å². The summed E-state index contributed by atoms with van der Waals surface area (Å²) in [5.74, 6) is 0.485. The van der Waals surface area contributed by atoms with E-state index in [2.05, 4.69) is 18.9 Å². The Hall–Kier alpha value is -0.570. The van der Waals surface area contributed by atoms with Crippen molar-refractivity contribution in [3.63, 3.8) is 0 Å². The van der Waals surface area contributed by atoms with Crippen molar-refractivity contribution in [1.29, 1.82) is 0 Å². The predicted octanol–water partition coefficient (Wildman–Crippen LogP) is 1.83. The molecule has 1 aliphatic heterocycles. The highest BCUT2D eigenvalue weighted by Crippen LogP contribution is 2.53. The first kappa shape index (κ1) is 10.9. The van der Waals surface area contributed by atoms with Crippen LogP contribution >= 0.6 is 0 Å². The summed E-state index contributed by atoms with van der Waals surface area (Å²) in [6.07, 6.45) is 3.93. The number of hydrogen-bond donors (Lipinski definition) is 1. The van der Waals surface area contributed by atoms with Crippen molar-refractivity contribution < 1.29 is 9.90 Å². The predicted molar refractivity (Wildman–Crippen MR) is 58.7 cm³/mol. The van der Waals surface area contributed by atoms with Gasteiger partial charge in [-0.05, 0) is 57.7 Å². The second kappa shape index (κ2) is 3.78.